The highest BCUT2D eigenvalue weighted by molar-refractivity contribution is 6.04. The Morgan fingerprint density at radius 3 is 0.806 bits per heavy atom. The minimum absolute atomic E-state index is 0.238. The fraction of sp³-hybridized carbons (Fsp3) is 0.235. The molecule has 0 aliphatic rings. The fourth-order valence-corrected chi connectivity index (χ4v) is 3.38. The highest BCUT2D eigenvalue weighted by atomic mass is 16.3. The molecule has 0 saturated carbocycles. The molecule has 0 heterocycles. The zero-order valence-electron chi connectivity index (χ0n) is 23.3. The smallest absolute Gasteiger partial charge is 0.115 e. The van der Waals surface area contributed by atoms with Crippen molar-refractivity contribution >= 4 is 11.1 Å². The monoisotopic (exact) mass is 484 g/mol. The quantitative estimate of drug-likeness (QED) is 0.283. The Kier molecular flexibility index (Phi) is 17.5. The van der Waals surface area contributed by atoms with Crippen LogP contribution in [0.4, 0.5) is 0 Å². The van der Waals surface area contributed by atoms with E-state index in [1.54, 1.807) is 24.3 Å². The Morgan fingerprint density at radius 1 is 0.333 bits per heavy atom. The minimum atomic E-state index is 0.238. The van der Waals surface area contributed by atoms with Crippen LogP contribution in [-0.2, 0) is 0 Å². The summed E-state index contributed by atoms with van der Waals surface area (Å²) < 4.78 is 0. The van der Waals surface area contributed by atoms with Gasteiger partial charge in [0, 0.05) is 0 Å². The summed E-state index contributed by atoms with van der Waals surface area (Å²) in [5.41, 5.74) is 6.32. The molecule has 0 bridgehead atoms. The number of aromatic hydroxyl groups is 2. The van der Waals surface area contributed by atoms with E-state index in [1.807, 2.05) is 116 Å². The van der Waals surface area contributed by atoms with E-state index in [9.17, 15) is 10.2 Å². The lowest BCUT2D eigenvalue weighted by Gasteiger charge is -2.18. The maximum atomic E-state index is 9.77. The Labute approximate surface area is 219 Å². The summed E-state index contributed by atoms with van der Waals surface area (Å²) >= 11 is 0. The zero-order valence-corrected chi connectivity index (χ0v) is 23.3. The molecule has 192 valence electrons. The van der Waals surface area contributed by atoms with Crippen LogP contribution < -0.4 is 0 Å². The topological polar surface area (TPSA) is 40.5 Å². The van der Waals surface area contributed by atoms with Gasteiger partial charge >= 0.3 is 0 Å². The standard InChI is InChI=1S/C26H20O2.4C2H6/c27-23-15-11-21(12-16-23)25(19-7-3-1-4-8-19)26(20-9-5-2-6-10-20)22-13-17-24(28)18-14-22;4*1-2/h1-18,27-28H;4*1-2H3/b26-25-;;;;. The second-order valence-electron chi connectivity index (χ2n) is 6.58. The summed E-state index contributed by atoms with van der Waals surface area (Å²) in [7, 11) is 0. The molecule has 4 aromatic rings. The lowest BCUT2D eigenvalue weighted by molar-refractivity contribution is 0.474. The van der Waals surface area contributed by atoms with Gasteiger partial charge in [-0.2, -0.15) is 0 Å². The first kappa shape index (κ1) is 32.2. The Morgan fingerprint density at radius 2 is 0.556 bits per heavy atom. The average molecular weight is 485 g/mol. The zero-order chi connectivity index (χ0) is 27.3. The normalized spacial score (nSPS) is 9.78. The van der Waals surface area contributed by atoms with E-state index < -0.39 is 0 Å². The van der Waals surface area contributed by atoms with Crippen molar-refractivity contribution in [1.82, 2.24) is 0 Å². The van der Waals surface area contributed by atoms with Crippen LogP contribution in [0.15, 0.2) is 109 Å². The summed E-state index contributed by atoms with van der Waals surface area (Å²) in [6.07, 6.45) is 0. The largest absolute Gasteiger partial charge is 0.508 e. The van der Waals surface area contributed by atoms with Crippen LogP contribution in [0.2, 0.25) is 0 Å². The molecule has 0 spiro atoms. The van der Waals surface area contributed by atoms with Crippen molar-refractivity contribution in [3.8, 4) is 11.5 Å². The van der Waals surface area contributed by atoms with Gasteiger partial charge in [-0.25, -0.2) is 0 Å². The highest BCUT2D eigenvalue weighted by Crippen LogP contribution is 2.37. The highest BCUT2D eigenvalue weighted by Gasteiger charge is 2.16. The van der Waals surface area contributed by atoms with E-state index in [4.69, 9.17) is 0 Å². The van der Waals surface area contributed by atoms with E-state index in [1.165, 1.54) is 0 Å². The Balaban J connectivity index is 0.00000140. The summed E-state index contributed by atoms with van der Waals surface area (Å²) in [4.78, 5) is 0. The lowest BCUT2D eigenvalue weighted by atomic mass is 9.86. The van der Waals surface area contributed by atoms with E-state index >= 15 is 0 Å². The van der Waals surface area contributed by atoms with Gasteiger partial charge in [-0.15, -0.1) is 0 Å². The summed E-state index contributed by atoms with van der Waals surface area (Å²) in [6, 6.07) is 35.0. The SMILES string of the molecule is CC.CC.CC.CC.Oc1ccc(/C(=C(/c2ccccc2)c2ccc(O)cc2)c2ccccc2)cc1. The van der Waals surface area contributed by atoms with Crippen LogP contribution in [0.3, 0.4) is 0 Å². The van der Waals surface area contributed by atoms with E-state index in [0.29, 0.717) is 0 Å². The first-order chi connectivity index (χ1) is 17.7. The van der Waals surface area contributed by atoms with Crippen LogP contribution in [0, 0.1) is 0 Å². The number of hydrogen-bond donors (Lipinski definition) is 2. The molecule has 0 aliphatic carbocycles. The predicted molar refractivity (Wildman–Crippen MR) is 160 cm³/mol. The third-order valence-corrected chi connectivity index (χ3v) is 4.69. The summed E-state index contributed by atoms with van der Waals surface area (Å²) in [6.45, 7) is 16.0. The molecule has 2 N–H and O–H groups in total. The van der Waals surface area contributed by atoms with Crippen molar-refractivity contribution in [3.63, 3.8) is 0 Å². The van der Waals surface area contributed by atoms with Gasteiger partial charge in [-0.3, -0.25) is 0 Å². The average Bonchev–Trinajstić information content (AvgIpc) is 2.98. The summed E-state index contributed by atoms with van der Waals surface area (Å²) in [5.74, 6) is 0.476. The van der Waals surface area contributed by atoms with Gasteiger partial charge in [-0.1, -0.05) is 140 Å². The van der Waals surface area contributed by atoms with Gasteiger partial charge in [0.15, 0.2) is 0 Å². The van der Waals surface area contributed by atoms with Crippen molar-refractivity contribution in [2.75, 3.05) is 0 Å². The van der Waals surface area contributed by atoms with Crippen LogP contribution >= 0.6 is 0 Å². The molecule has 0 radical (unpaired) electrons. The molecule has 4 rings (SSSR count). The molecule has 0 saturated heterocycles. The molecular weight excluding hydrogens is 440 g/mol. The van der Waals surface area contributed by atoms with Crippen LogP contribution in [0.25, 0.3) is 11.1 Å². The van der Waals surface area contributed by atoms with Crippen LogP contribution in [0.1, 0.15) is 77.6 Å². The maximum Gasteiger partial charge on any atom is 0.115 e. The summed E-state index contributed by atoms with van der Waals surface area (Å²) in [5, 5.41) is 19.5. The Hall–Kier alpha value is -3.78. The number of phenolic OH excluding ortho intramolecular Hbond substituents is 2. The number of benzene rings is 4. The number of phenols is 2. The molecule has 36 heavy (non-hydrogen) atoms. The Bertz CT molecular complexity index is 989. The van der Waals surface area contributed by atoms with E-state index in [-0.39, 0.29) is 11.5 Å². The van der Waals surface area contributed by atoms with Crippen LogP contribution in [-0.4, -0.2) is 10.2 Å². The minimum Gasteiger partial charge on any atom is -0.508 e. The van der Waals surface area contributed by atoms with Crippen molar-refractivity contribution in [3.05, 3.63) is 131 Å². The van der Waals surface area contributed by atoms with Crippen molar-refractivity contribution in [2.45, 2.75) is 55.4 Å². The van der Waals surface area contributed by atoms with Crippen LogP contribution in [0.5, 0.6) is 11.5 Å². The second kappa shape index (κ2) is 19.5. The number of hydrogen-bond acceptors (Lipinski definition) is 2. The molecule has 0 aromatic heterocycles. The fourth-order valence-electron chi connectivity index (χ4n) is 3.38. The molecule has 0 atom stereocenters. The molecular formula is C34H44O2. The predicted octanol–water partition coefficient (Wildman–Crippen LogP) is 10.2. The molecule has 2 nitrogen and oxygen atoms in total. The third kappa shape index (κ3) is 9.46. The first-order valence-corrected chi connectivity index (χ1v) is 13.2. The van der Waals surface area contributed by atoms with Gasteiger partial charge in [0.2, 0.25) is 0 Å². The second-order valence-corrected chi connectivity index (χ2v) is 6.58. The molecule has 2 heteroatoms. The van der Waals surface area contributed by atoms with Gasteiger partial charge < -0.3 is 10.2 Å². The molecule has 0 aliphatic heterocycles. The first-order valence-electron chi connectivity index (χ1n) is 13.2. The van der Waals surface area contributed by atoms with Gasteiger partial charge in [0.25, 0.3) is 0 Å². The van der Waals surface area contributed by atoms with Crippen molar-refractivity contribution in [1.29, 1.82) is 0 Å². The lowest BCUT2D eigenvalue weighted by Crippen LogP contribution is -1.97. The maximum absolute atomic E-state index is 9.77. The molecule has 0 fully saturated rings. The molecule has 0 unspecified atom stereocenters. The van der Waals surface area contributed by atoms with E-state index in [0.717, 1.165) is 33.4 Å². The van der Waals surface area contributed by atoms with E-state index in [2.05, 4.69) is 24.3 Å². The number of rotatable bonds is 4. The van der Waals surface area contributed by atoms with Gasteiger partial charge in [0.05, 0.1) is 0 Å². The van der Waals surface area contributed by atoms with Crippen molar-refractivity contribution < 1.29 is 10.2 Å². The van der Waals surface area contributed by atoms with Gasteiger partial charge in [-0.05, 0) is 57.7 Å². The molecule has 4 aromatic carbocycles. The van der Waals surface area contributed by atoms with Crippen molar-refractivity contribution in [2.24, 2.45) is 0 Å². The molecule has 0 amide bonds. The van der Waals surface area contributed by atoms with Gasteiger partial charge in [0.1, 0.15) is 11.5 Å². The third-order valence-electron chi connectivity index (χ3n) is 4.69.